The molecule has 4 aromatic rings. The van der Waals surface area contributed by atoms with Gasteiger partial charge < -0.3 is 29.7 Å². The minimum absolute atomic E-state index is 0.154. The van der Waals surface area contributed by atoms with Gasteiger partial charge in [0.15, 0.2) is 0 Å². The van der Waals surface area contributed by atoms with Crippen molar-refractivity contribution in [3.63, 3.8) is 0 Å². The van der Waals surface area contributed by atoms with E-state index in [0.29, 0.717) is 43.5 Å². The van der Waals surface area contributed by atoms with Crippen LogP contribution in [0.5, 0.6) is 0 Å². The SMILES string of the molecule is CCOCCN(c1ccnc(NC(=O)c2ccc(C3CCN(CC)CC3)cc2)c1)c1ccc2c(ccn2C)c1.CNC=O. The number of likely N-dealkylation sites (tertiary alicyclic amines) is 1. The van der Waals surface area contributed by atoms with Crippen LogP contribution in [0.4, 0.5) is 17.2 Å². The maximum Gasteiger partial charge on any atom is 0.256 e. The van der Waals surface area contributed by atoms with E-state index in [4.69, 9.17) is 9.53 Å². The van der Waals surface area contributed by atoms with Crippen molar-refractivity contribution < 1.29 is 14.3 Å². The van der Waals surface area contributed by atoms with Crippen LogP contribution in [0, 0.1) is 0 Å². The first-order chi connectivity index (χ1) is 21.0. The highest BCUT2D eigenvalue weighted by atomic mass is 16.5. The highest BCUT2D eigenvalue weighted by Gasteiger charge is 2.20. The largest absolute Gasteiger partial charge is 0.380 e. The predicted octanol–water partition coefficient (Wildman–Crippen LogP) is 5.56. The third-order valence-electron chi connectivity index (χ3n) is 7.94. The highest BCUT2D eigenvalue weighted by molar-refractivity contribution is 6.04. The van der Waals surface area contributed by atoms with Crippen LogP contribution in [0.3, 0.4) is 0 Å². The number of nitrogens with one attached hydrogen (secondary N) is 2. The fourth-order valence-electron chi connectivity index (χ4n) is 5.48. The number of aryl methyl sites for hydroxylation is 1. The third kappa shape index (κ3) is 8.43. The molecule has 228 valence electrons. The summed E-state index contributed by atoms with van der Waals surface area (Å²) in [5.41, 5.74) is 5.16. The van der Waals surface area contributed by atoms with Crippen molar-refractivity contribution in [2.45, 2.75) is 32.6 Å². The number of pyridine rings is 1. The summed E-state index contributed by atoms with van der Waals surface area (Å²) in [6.07, 6.45) is 6.78. The maximum absolute atomic E-state index is 13.1. The number of rotatable bonds is 11. The molecular formula is C34H44N6O3. The number of piperidine rings is 1. The maximum atomic E-state index is 13.1. The van der Waals surface area contributed by atoms with E-state index < -0.39 is 0 Å². The molecule has 2 amide bonds. The summed E-state index contributed by atoms with van der Waals surface area (Å²) in [5.74, 6) is 0.940. The molecular weight excluding hydrogens is 540 g/mol. The van der Waals surface area contributed by atoms with E-state index in [-0.39, 0.29) is 5.91 Å². The molecule has 2 N–H and O–H groups in total. The number of nitrogens with zero attached hydrogens (tertiary/aromatic N) is 4. The summed E-state index contributed by atoms with van der Waals surface area (Å²) in [6, 6.07) is 20.6. The molecule has 5 rings (SSSR count). The van der Waals surface area contributed by atoms with Gasteiger partial charge in [0.05, 0.1) is 6.61 Å². The standard InChI is InChI=1S/C32H39N5O2.C2H5NO/c1-4-36-18-14-25(15-19-36)24-6-8-26(9-7-24)32(38)34-31-23-29(12-16-33-31)37(20-21-39-5-2)28-10-11-30-27(22-28)13-17-35(30)3;1-3-2-4/h6-13,16-17,22-23,25H,4-5,14-15,18-21H2,1-3H3,(H,33,34,38);2H,1H3,(H,3,4). The van der Waals surface area contributed by atoms with Crippen molar-refractivity contribution in [2.24, 2.45) is 7.05 Å². The quantitative estimate of drug-likeness (QED) is 0.177. The van der Waals surface area contributed by atoms with E-state index in [2.05, 4.69) is 86.6 Å². The van der Waals surface area contributed by atoms with E-state index in [9.17, 15) is 4.79 Å². The molecule has 9 nitrogen and oxygen atoms in total. The van der Waals surface area contributed by atoms with E-state index in [1.165, 1.54) is 29.3 Å². The highest BCUT2D eigenvalue weighted by Crippen LogP contribution is 2.31. The molecule has 43 heavy (non-hydrogen) atoms. The monoisotopic (exact) mass is 584 g/mol. The lowest BCUT2D eigenvalue weighted by Gasteiger charge is -2.31. The molecule has 0 aliphatic carbocycles. The third-order valence-corrected chi connectivity index (χ3v) is 7.94. The molecule has 0 bridgehead atoms. The molecule has 1 fully saturated rings. The van der Waals surface area contributed by atoms with Crippen LogP contribution in [-0.4, -0.2) is 73.2 Å². The minimum atomic E-state index is -0.154. The number of anilines is 3. The topological polar surface area (TPSA) is 91.7 Å². The summed E-state index contributed by atoms with van der Waals surface area (Å²) in [4.78, 5) is 31.3. The molecule has 2 aromatic heterocycles. The number of carbonyl (C=O) groups is 2. The average molecular weight is 585 g/mol. The normalized spacial score (nSPS) is 13.7. The average Bonchev–Trinajstić information content (AvgIpc) is 3.43. The lowest BCUT2D eigenvalue weighted by Crippen LogP contribution is -2.32. The minimum Gasteiger partial charge on any atom is -0.380 e. The van der Waals surface area contributed by atoms with Gasteiger partial charge >= 0.3 is 0 Å². The number of amides is 2. The van der Waals surface area contributed by atoms with Crippen LogP contribution >= 0.6 is 0 Å². The number of aromatic nitrogens is 2. The Morgan fingerprint density at radius 1 is 1.05 bits per heavy atom. The second kappa shape index (κ2) is 15.9. The molecule has 0 unspecified atom stereocenters. The first kappa shape index (κ1) is 31.7. The van der Waals surface area contributed by atoms with E-state index in [1.54, 1.807) is 13.2 Å². The van der Waals surface area contributed by atoms with Gasteiger partial charge in [0.1, 0.15) is 5.82 Å². The second-order valence-electron chi connectivity index (χ2n) is 10.6. The molecule has 0 radical (unpaired) electrons. The molecule has 2 aromatic carbocycles. The smallest absolute Gasteiger partial charge is 0.256 e. The Morgan fingerprint density at radius 2 is 1.77 bits per heavy atom. The molecule has 0 atom stereocenters. The number of fused-ring (bicyclic) bond motifs is 1. The summed E-state index contributed by atoms with van der Waals surface area (Å²) < 4.78 is 7.80. The van der Waals surface area contributed by atoms with Gasteiger partial charge in [-0.05, 0) is 93.3 Å². The number of carbonyl (C=O) groups excluding carboxylic acids is 2. The number of benzene rings is 2. The van der Waals surface area contributed by atoms with Gasteiger partial charge in [0.25, 0.3) is 5.91 Å². The Balaban J connectivity index is 0.000000996. The predicted molar refractivity (Wildman–Crippen MR) is 174 cm³/mol. The zero-order chi connectivity index (χ0) is 30.6. The number of hydrogen-bond donors (Lipinski definition) is 2. The van der Waals surface area contributed by atoms with Gasteiger partial charge in [0.2, 0.25) is 6.41 Å². The fraction of sp³-hybridized carbons (Fsp3) is 0.382. The van der Waals surface area contributed by atoms with Gasteiger partial charge in [-0.2, -0.15) is 0 Å². The molecule has 9 heteroatoms. The Labute approximate surface area is 254 Å². The second-order valence-corrected chi connectivity index (χ2v) is 10.6. The van der Waals surface area contributed by atoms with E-state index in [1.807, 2.05) is 31.2 Å². The van der Waals surface area contributed by atoms with Gasteiger partial charge in [-0.3, -0.25) is 9.59 Å². The zero-order valence-corrected chi connectivity index (χ0v) is 25.8. The lowest BCUT2D eigenvalue weighted by atomic mass is 9.89. The first-order valence-corrected chi connectivity index (χ1v) is 15.1. The van der Waals surface area contributed by atoms with Crippen LogP contribution in [0.2, 0.25) is 0 Å². The van der Waals surface area contributed by atoms with Gasteiger partial charge in [-0.25, -0.2) is 4.98 Å². The van der Waals surface area contributed by atoms with Crippen molar-refractivity contribution in [1.29, 1.82) is 0 Å². The summed E-state index contributed by atoms with van der Waals surface area (Å²) >= 11 is 0. The van der Waals surface area contributed by atoms with Crippen molar-refractivity contribution in [2.75, 3.05) is 56.7 Å². The first-order valence-electron chi connectivity index (χ1n) is 15.1. The zero-order valence-electron chi connectivity index (χ0n) is 25.8. The van der Waals surface area contributed by atoms with Crippen LogP contribution in [-0.2, 0) is 16.6 Å². The van der Waals surface area contributed by atoms with Crippen molar-refractivity contribution >= 4 is 40.4 Å². The van der Waals surface area contributed by atoms with Crippen LogP contribution in [0.25, 0.3) is 10.9 Å². The Morgan fingerprint density at radius 3 is 2.44 bits per heavy atom. The van der Waals surface area contributed by atoms with Crippen molar-refractivity contribution in [3.8, 4) is 0 Å². The number of ether oxygens (including phenoxy) is 1. The molecule has 1 aliphatic rings. The Kier molecular flexibility index (Phi) is 11.7. The van der Waals surface area contributed by atoms with E-state index in [0.717, 1.165) is 31.0 Å². The van der Waals surface area contributed by atoms with Crippen LogP contribution < -0.4 is 15.5 Å². The van der Waals surface area contributed by atoms with Gasteiger partial charge in [-0.1, -0.05) is 19.1 Å². The lowest BCUT2D eigenvalue weighted by molar-refractivity contribution is -0.109. The van der Waals surface area contributed by atoms with E-state index >= 15 is 0 Å². The molecule has 1 saturated heterocycles. The molecule has 3 heterocycles. The summed E-state index contributed by atoms with van der Waals surface area (Å²) in [6.45, 7) is 9.58. The Hall–Kier alpha value is -4.21. The number of hydrogen-bond acceptors (Lipinski definition) is 6. The molecule has 0 spiro atoms. The summed E-state index contributed by atoms with van der Waals surface area (Å²) in [5, 5.41) is 6.43. The van der Waals surface area contributed by atoms with Gasteiger partial charge in [0, 0.05) is 73.5 Å². The van der Waals surface area contributed by atoms with Gasteiger partial charge in [-0.15, -0.1) is 0 Å². The van der Waals surface area contributed by atoms with Crippen molar-refractivity contribution in [3.05, 3.63) is 84.2 Å². The van der Waals surface area contributed by atoms with Crippen molar-refractivity contribution in [1.82, 2.24) is 19.8 Å². The van der Waals surface area contributed by atoms with Crippen LogP contribution in [0.15, 0.2) is 73.1 Å². The fourth-order valence-corrected chi connectivity index (χ4v) is 5.48. The Bertz CT molecular complexity index is 1460. The summed E-state index contributed by atoms with van der Waals surface area (Å²) in [7, 11) is 3.61. The molecule has 1 aliphatic heterocycles. The van der Waals surface area contributed by atoms with Crippen LogP contribution in [0.1, 0.15) is 48.5 Å². The molecule has 0 saturated carbocycles.